The predicted molar refractivity (Wildman–Crippen MR) is 54.8 cm³/mol. The van der Waals surface area contributed by atoms with Gasteiger partial charge in [-0.3, -0.25) is 4.79 Å². The Morgan fingerprint density at radius 3 is 3.00 bits per heavy atom. The number of aryl methyl sites for hydroxylation is 1. The van der Waals surface area contributed by atoms with Crippen molar-refractivity contribution in [1.29, 1.82) is 0 Å². The van der Waals surface area contributed by atoms with Crippen molar-refractivity contribution in [2.75, 3.05) is 0 Å². The normalized spacial score (nSPS) is 10.6. The lowest BCUT2D eigenvalue weighted by Gasteiger charge is -2.00. The van der Waals surface area contributed by atoms with Crippen molar-refractivity contribution in [3.8, 4) is 0 Å². The van der Waals surface area contributed by atoms with E-state index >= 15 is 0 Å². The van der Waals surface area contributed by atoms with Crippen molar-refractivity contribution >= 4 is 26.8 Å². The van der Waals surface area contributed by atoms with Gasteiger partial charge in [0, 0.05) is 17.1 Å². The minimum atomic E-state index is -0.0926. The van der Waals surface area contributed by atoms with Gasteiger partial charge in [0.15, 0.2) is 0 Å². The fraction of sp³-hybridized carbons (Fsp3) is 0.111. The summed E-state index contributed by atoms with van der Waals surface area (Å²) in [6.07, 6.45) is 0. The van der Waals surface area contributed by atoms with E-state index in [1.54, 1.807) is 6.07 Å². The van der Waals surface area contributed by atoms with Crippen molar-refractivity contribution in [2.45, 2.75) is 6.92 Å². The maximum atomic E-state index is 11.0. The van der Waals surface area contributed by atoms with Crippen molar-refractivity contribution in [1.82, 2.24) is 9.97 Å². The Morgan fingerprint density at radius 2 is 2.23 bits per heavy atom. The van der Waals surface area contributed by atoms with Crippen molar-refractivity contribution in [3.63, 3.8) is 0 Å². The molecule has 0 aliphatic heterocycles. The number of fused-ring (bicyclic) bond motifs is 1. The van der Waals surface area contributed by atoms with Gasteiger partial charge in [-0.15, -0.1) is 0 Å². The Balaban J connectivity index is 2.94. The lowest BCUT2D eigenvalue weighted by atomic mass is 10.2. The second-order valence-corrected chi connectivity index (χ2v) is 3.59. The van der Waals surface area contributed by atoms with Crippen LogP contribution in [0.1, 0.15) is 5.69 Å². The molecule has 0 radical (unpaired) electrons. The zero-order chi connectivity index (χ0) is 9.42. The molecule has 13 heavy (non-hydrogen) atoms. The quantitative estimate of drug-likeness (QED) is 0.714. The van der Waals surface area contributed by atoms with Crippen molar-refractivity contribution in [3.05, 3.63) is 38.9 Å². The van der Waals surface area contributed by atoms with Crippen LogP contribution in [-0.4, -0.2) is 9.97 Å². The first-order valence-corrected chi connectivity index (χ1v) is 4.62. The first-order valence-electron chi connectivity index (χ1n) is 3.83. The molecule has 0 unspecified atom stereocenters. The number of hydrogen-bond donors (Lipinski definition) is 1. The third-order valence-electron chi connectivity index (χ3n) is 1.80. The van der Waals surface area contributed by atoms with E-state index in [0.717, 1.165) is 21.2 Å². The third-order valence-corrected chi connectivity index (χ3v) is 2.40. The summed E-state index contributed by atoms with van der Waals surface area (Å²) in [6, 6.07) is 5.09. The van der Waals surface area contributed by atoms with Gasteiger partial charge in [-0.25, -0.2) is 4.98 Å². The lowest BCUT2D eigenvalue weighted by molar-refractivity contribution is 1.17. The van der Waals surface area contributed by atoms with Crippen molar-refractivity contribution in [2.24, 2.45) is 0 Å². The molecule has 0 bridgehead atoms. The van der Waals surface area contributed by atoms with E-state index < -0.39 is 0 Å². The Labute approximate surface area is 82.9 Å². The number of rotatable bonds is 0. The molecule has 0 aliphatic carbocycles. The largest absolute Gasteiger partial charge is 0.322 e. The first kappa shape index (κ1) is 8.44. The predicted octanol–water partition coefficient (Wildman–Crippen LogP) is 1.99. The van der Waals surface area contributed by atoms with Crippen LogP contribution in [0.3, 0.4) is 0 Å². The third kappa shape index (κ3) is 1.49. The topological polar surface area (TPSA) is 45.8 Å². The number of nitrogens with zero attached hydrogens (tertiary/aromatic N) is 1. The summed E-state index contributed by atoms with van der Waals surface area (Å²) >= 11 is 3.34. The molecular formula is C9H7BrN2O. The van der Waals surface area contributed by atoms with Crippen LogP contribution in [-0.2, 0) is 0 Å². The molecule has 3 nitrogen and oxygen atoms in total. The molecule has 0 saturated heterocycles. The zero-order valence-electron chi connectivity index (χ0n) is 6.97. The van der Waals surface area contributed by atoms with Crippen LogP contribution < -0.4 is 5.56 Å². The van der Waals surface area contributed by atoms with E-state index in [0.29, 0.717) is 0 Å². The maximum absolute atomic E-state index is 11.0. The van der Waals surface area contributed by atoms with Gasteiger partial charge >= 0.3 is 0 Å². The van der Waals surface area contributed by atoms with Gasteiger partial charge in [0.2, 0.25) is 5.56 Å². The monoisotopic (exact) mass is 238 g/mol. The molecule has 0 spiro atoms. The summed E-state index contributed by atoms with van der Waals surface area (Å²) in [5.41, 5.74) is 1.60. The minimum absolute atomic E-state index is 0.0926. The summed E-state index contributed by atoms with van der Waals surface area (Å²) in [4.78, 5) is 18.0. The molecule has 0 amide bonds. The average Bonchev–Trinajstić information content (AvgIpc) is 2.02. The number of H-pyrrole nitrogens is 1. The van der Waals surface area contributed by atoms with Crippen LogP contribution in [0.5, 0.6) is 0 Å². The Hall–Kier alpha value is -1.16. The fourth-order valence-corrected chi connectivity index (χ4v) is 1.87. The van der Waals surface area contributed by atoms with Crippen LogP contribution >= 0.6 is 15.9 Å². The van der Waals surface area contributed by atoms with Gasteiger partial charge in [-0.2, -0.15) is 0 Å². The Bertz CT molecular complexity index is 518. The molecule has 0 saturated carbocycles. The summed E-state index contributed by atoms with van der Waals surface area (Å²) in [5.74, 6) is 0. The summed E-state index contributed by atoms with van der Waals surface area (Å²) in [7, 11) is 0. The van der Waals surface area contributed by atoms with Crippen molar-refractivity contribution < 1.29 is 0 Å². The van der Waals surface area contributed by atoms with Crippen LogP contribution in [0.15, 0.2) is 27.6 Å². The second-order valence-electron chi connectivity index (χ2n) is 2.84. The van der Waals surface area contributed by atoms with Crippen LogP contribution in [0.2, 0.25) is 0 Å². The Morgan fingerprint density at radius 1 is 1.46 bits per heavy atom. The SMILES string of the molecule is Cc1cc2[nH]c(=O)ccc2c(Br)n1. The molecule has 66 valence electrons. The summed E-state index contributed by atoms with van der Waals surface area (Å²) < 4.78 is 0.763. The molecule has 0 atom stereocenters. The summed E-state index contributed by atoms with van der Waals surface area (Å²) in [6.45, 7) is 1.88. The van der Waals surface area contributed by atoms with E-state index in [-0.39, 0.29) is 5.56 Å². The molecule has 2 heterocycles. The van der Waals surface area contributed by atoms with Crippen LogP contribution in [0.4, 0.5) is 0 Å². The van der Waals surface area contributed by atoms with Gasteiger partial charge < -0.3 is 4.98 Å². The highest BCUT2D eigenvalue weighted by Gasteiger charge is 2.01. The molecule has 0 fully saturated rings. The molecular weight excluding hydrogens is 232 g/mol. The molecule has 4 heteroatoms. The van der Waals surface area contributed by atoms with Gasteiger partial charge in [-0.05, 0) is 35.0 Å². The molecule has 0 aromatic carbocycles. The smallest absolute Gasteiger partial charge is 0.248 e. The standard InChI is InChI=1S/C9H7BrN2O/c1-5-4-7-6(9(10)11-5)2-3-8(13)12-7/h2-4H,1H3,(H,12,13). The number of halogens is 1. The number of aromatic nitrogens is 2. The molecule has 2 aromatic heterocycles. The number of nitrogens with one attached hydrogen (secondary N) is 1. The highest BCUT2D eigenvalue weighted by atomic mass is 79.9. The van der Waals surface area contributed by atoms with Gasteiger partial charge in [0.05, 0.1) is 5.52 Å². The fourth-order valence-electron chi connectivity index (χ4n) is 1.24. The average molecular weight is 239 g/mol. The van der Waals surface area contributed by atoms with E-state index in [9.17, 15) is 4.79 Å². The van der Waals surface area contributed by atoms with E-state index in [4.69, 9.17) is 0 Å². The Kier molecular flexibility index (Phi) is 1.92. The second kappa shape index (κ2) is 2.96. The van der Waals surface area contributed by atoms with Crippen LogP contribution in [0, 0.1) is 6.92 Å². The molecule has 2 aromatic rings. The van der Waals surface area contributed by atoms with E-state index in [1.807, 2.05) is 13.0 Å². The van der Waals surface area contributed by atoms with Gasteiger partial charge in [-0.1, -0.05) is 0 Å². The van der Waals surface area contributed by atoms with Gasteiger partial charge in [0.25, 0.3) is 0 Å². The highest BCUT2D eigenvalue weighted by molar-refractivity contribution is 9.10. The number of aromatic amines is 1. The van der Waals surface area contributed by atoms with E-state index in [2.05, 4.69) is 25.9 Å². The first-order chi connectivity index (χ1) is 6.16. The zero-order valence-corrected chi connectivity index (χ0v) is 8.55. The minimum Gasteiger partial charge on any atom is -0.322 e. The van der Waals surface area contributed by atoms with E-state index in [1.165, 1.54) is 6.07 Å². The lowest BCUT2D eigenvalue weighted by Crippen LogP contribution is -2.03. The maximum Gasteiger partial charge on any atom is 0.248 e. The van der Waals surface area contributed by atoms with Gasteiger partial charge in [0.1, 0.15) is 4.60 Å². The number of hydrogen-bond acceptors (Lipinski definition) is 2. The number of pyridine rings is 2. The molecule has 2 rings (SSSR count). The van der Waals surface area contributed by atoms with Crippen LogP contribution in [0.25, 0.3) is 10.9 Å². The summed E-state index contributed by atoms with van der Waals surface area (Å²) in [5, 5.41) is 0.921. The molecule has 0 aliphatic rings. The molecule has 1 N–H and O–H groups in total. The highest BCUT2D eigenvalue weighted by Crippen LogP contribution is 2.19.